The van der Waals surface area contributed by atoms with Crippen LogP contribution in [0.25, 0.3) is 0 Å². The maximum atomic E-state index is 10.2. The average Bonchev–Trinajstić information content (AvgIpc) is 2.54. The molecule has 0 aromatic heterocycles. The van der Waals surface area contributed by atoms with E-state index < -0.39 is 6.10 Å². The quantitative estimate of drug-likeness (QED) is 0.810. The van der Waals surface area contributed by atoms with E-state index in [0.29, 0.717) is 12.5 Å². The second-order valence-electron chi connectivity index (χ2n) is 6.80. The molecule has 4 heteroatoms. The van der Waals surface area contributed by atoms with Gasteiger partial charge in [-0.3, -0.25) is 0 Å². The summed E-state index contributed by atoms with van der Waals surface area (Å²) in [6.07, 6.45) is 3.16. The lowest BCUT2D eigenvalue weighted by Gasteiger charge is -2.31. The summed E-state index contributed by atoms with van der Waals surface area (Å²) in [6, 6.07) is 8.19. The van der Waals surface area contributed by atoms with Gasteiger partial charge in [0.25, 0.3) is 0 Å². The highest BCUT2D eigenvalue weighted by atomic mass is 35.5. The van der Waals surface area contributed by atoms with Crippen LogP contribution in [-0.2, 0) is 0 Å². The smallest absolute Gasteiger partial charge is 0.122 e. The van der Waals surface area contributed by atoms with Crippen LogP contribution in [0.4, 0.5) is 0 Å². The Hall–Kier alpha value is -0.770. The molecule has 1 fully saturated rings. The van der Waals surface area contributed by atoms with Crippen molar-refractivity contribution in [2.75, 3.05) is 26.2 Å². The first kappa shape index (κ1) is 20.3. The minimum Gasteiger partial charge on any atom is -0.491 e. The number of ether oxygens (including phenoxy) is 1. The van der Waals surface area contributed by atoms with Gasteiger partial charge in [-0.1, -0.05) is 39.0 Å². The Morgan fingerprint density at radius 2 is 1.91 bits per heavy atom. The van der Waals surface area contributed by atoms with Crippen LogP contribution in [0.15, 0.2) is 24.3 Å². The predicted molar refractivity (Wildman–Crippen MR) is 98.7 cm³/mol. The molecule has 1 aliphatic heterocycles. The number of aliphatic hydroxyl groups excluding tert-OH is 1. The van der Waals surface area contributed by atoms with Crippen LogP contribution in [-0.4, -0.2) is 42.4 Å². The molecule has 1 heterocycles. The summed E-state index contributed by atoms with van der Waals surface area (Å²) in [5.74, 6) is 2.23. The molecule has 0 aliphatic carbocycles. The lowest BCUT2D eigenvalue weighted by atomic mass is 9.98. The molecule has 23 heavy (non-hydrogen) atoms. The van der Waals surface area contributed by atoms with Crippen LogP contribution in [0.5, 0.6) is 5.75 Å². The average molecular weight is 342 g/mol. The van der Waals surface area contributed by atoms with Gasteiger partial charge in [0.1, 0.15) is 18.5 Å². The van der Waals surface area contributed by atoms with Crippen molar-refractivity contribution >= 4 is 12.4 Å². The van der Waals surface area contributed by atoms with Gasteiger partial charge in [-0.15, -0.1) is 12.4 Å². The molecule has 2 rings (SSSR count). The van der Waals surface area contributed by atoms with E-state index in [-0.39, 0.29) is 12.4 Å². The maximum Gasteiger partial charge on any atom is 0.122 e. The Kier molecular flexibility index (Phi) is 8.96. The van der Waals surface area contributed by atoms with Crippen LogP contribution < -0.4 is 4.74 Å². The summed E-state index contributed by atoms with van der Waals surface area (Å²) in [7, 11) is 0. The summed E-state index contributed by atoms with van der Waals surface area (Å²) in [6.45, 7) is 10.0. The highest BCUT2D eigenvalue weighted by molar-refractivity contribution is 5.85. The van der Waals surface area contributed by atoms with Crippen LogP contribution in [0.1, 0.15) is 51.5 Å². The Morgan fingerprint density at radius 3 is 2.57 bits per heavy atom. The zero-order valence-electron chi connectivity index (χ0n) is 14.7. The van der Waals surface area contributed by atoms with Crippen LogP contribution in [0, 0.1) is 5.92 Å². The van der Waals surface area contributed by atoms with Crippen LogP contribution in [0.3, 0.4) is 0 Å². The number of halogens is 1. The summed E-state index contributed by atoms with van der Waals surface area (Å²) in [5.41, 5.74) is 1.24. The SMILES string of the molecule is CCC(C)c1ccccc1OCC(O)CN1CCC(C)CC1.Cl. The zero-order chi connectivity index (χ0) is 15.9. The number of nitrogens with zero attached hydrogens (tertiary/aromatic N) is 1. The fraction of sp³-hybridized carbons (Fsp3) is 0.684. The summed E-state index contributed by atoms with van der Waals surface area (Å²) >= 11 is 0. The summed E-state index contributed by atoms with van der Waals surface area (Å²) < 4.78 is 5.91. The number of hydrogen-bond donors (Lipinski definition) is 1. The topological polar surface area (TPSA) is 32.7 Å². The molecule has 1 aromatic rings. The first-order chi connectivity index (χ1) is 10.6. The third kappa shape index (κ3) is 6.33. The number of rotatable bonds is 7. The maximum absolute atomic E-state index is 10.2. The van der Waals surface area contributed by atoms with Gasteiger partial charge >= 0.3 is 0 Å². The number of likely N-dealkylation sites (tertiary alicyclic amines) is 1. The van der Waals surface area contributed by atoms with Gasteiger partial charge < -0.3 is 14.7 Å². The standard InChI is InChI=1S/C19H31NO2.ClH/c1-4-16(3)18-7-5-6-8-19(18)22-14-17(21)13-20-11-9-15(2)10-12-20;/h5-8,15-17,21H,4,9-14H2,1-3H3;1H. The molecular weight excluding hydrogens is 310 g/mol. The number of β-amino-alcohol motifs (C(OH)–C–C–N with tert-alkyl or cyclic N) is 1. The second-order valence-corrected chi connectivity index (χ2v) is 6.80. The largest absolute Gasteiger partial charge is 0.491 e. The number of piperidine rings is 1. The number of aliphatic hydroxyl groups is 1. The predicted octanol–water partition coefficient (Wildman–Crippen LogP) is 4.09. The minimum absolute atomic E-state index is 0. The molecule has 2 unspecified atom stereocenters. The van der Waals surface area contributed by atoms with E-state index in [1.165, 1.54) is 18.4 Å². The fourth-order valence-corrected chi connectivity index (χ4v) is 3.02. The van der Waals surface area contributed by atoms with Crippen LogP contribution in [0.2, 0.25) is 0 Å². The van der Waals surface area contributed by atoms with Crippen molar-refractivity contribution in [2.24, 2.45) is 5.92 Å². The Labute approximate surface area is 147 Å². The van der Waals surface area contributed by atoms with Crippen molar-refractivity contribution in [2.45, 2.75) is 52.1 Å². The normalized spacial score (nSPS) is 19.0. The minimum atomic E-state index is -0.418. The van der Waals surface area contributed by atoms with Gasteiger partial charge in [-0.05, 0) is 55.8 Å². The molecule has 2 atom stereocenters. The molecule has 3 nitrogen and oxygen atoms in total. The fourth-order valence-electron chi connectivity index (χ4n) is 3.02. The van der Waals surface area contributed by atoms with Gasteiger partial charge in [-0.2, -0.15) is 0 Å². The first-order valence-corrected chi connectivity index (χ1v) is 8.72. The monoisotopic (exact) mass is 341 g/mol. The van der Waals surface area contributed by atoms with Crippen molar-refractivity contribution in [3.63, 3.8) is 0 Å². The van der Waals surface area contributed by atoms with E-state index in [0.717, 1.165) is 37.7 Å². The lowest BCUT2D eigenvalue weighted by Crippen LogP contribution is -2.40. The highest BCUT2D eigenvalue weighted by Gasteiger charge is 2.19. The van der Waals surface area contributed by atoms with E-state index in [1.54, 1.807) is 0 Å². The summed E-state index contributed by atoms with van der Waals surface area (Å²) in [4.78, 5) is 2.36. The molecule has 0 spiro atoms. The van der Waals surface area contributed by atoms with Crippen molar-refractivity contribution in [3.05, 3.63) is 29.8 Å². The Balaban J connectivity index is 0.00000264. The molecule has 0 radical (unpaired) electrons. The van der Waals surface area contributed by atoms with Crippen molar-refractivity contribution in [1.82, 2.24) is 4.90 Å². The molecule has 132 valence electrons. The third-order valence-electron chi connectivity index (χ3n) is 4.84. The molecule has 0 saturated carbocycles. The van der Waals surface area contributed by atoms with Crippen molar-refractivity contribution in [3.8, 4) is 5.75 Å². The Morgan fingerprint density at radius 1 is 1.26 bits per heavy atom. The van der Waals surface area contributed by atoms with E-state index in [4.69, 9.17) is 4.74 Å². The highest BCUT2D eigenvalue weighted by Crippen LogP contribution is 2.28. The zero-order valence-corrected chi connectivity index (χ0v) is 15.5. The van der Waals surface area contributed by atoms with Crippen LogP contribution >= 0.6 is 12.4 Å². The van der Waals surface area contributed by atoms with Crippen molar-refractivity contribution in [1.29, 1.82) is 0 Å². The molecule has 1 saturated heterocycles. The van der Waals surface area contributed by atoms with Gasteiger partial charge in [0.2, 0.25) is 0 Å². The number of para-hydroxylation sites is 1. The lowest BCUT2D eigenvalue weighted by molar-refractivity contribution is 0.0559. The molecule has 0 amide bonds. The molecule has 1 N–H and O–H groups in total. The third-order valence-corrected chi connectivity index (χ3v) is 4.84. The Bertz CT molecular complexity index is 447. The van der Waals surface area contributed by atoms with E-state index in [2.05, 4.69) is 37.8 Å². The molecule has 0 bridgehead atoms. The van der Waals surface area contributed by atoms with Gasteiger partial charge in [0.05, 0.1) is 0 Å². The van der Waals surface area contributed by atoms with Gasteiger partial charge in [0.15, 0.2) is 0 Å². The summed E-state index contributed by atoms with van der Waals surface area (Å²) in [5, 5.41) is 10.2. The molecule has 1 aliphatic rings. The molecular formula is C19H32ClNO2. The van der Waals surface area contributed by atoms with E-state index >= 15 is 0 Å². The number of hydrogen-bond acceptors (Lipinski definition) is 3. The van der Waals surface area contributed by atoms with E-state index in [9.17, 15) is 5.11 Å². The van der Waals surface area contributed by atoms with Crippen molar-refractivity contribution < 1.29 is 9.84 Å². The second kappa shape index (κ2) is 10.2. The van der Waals surface area contributed by atoms with Gasteiger partial charge in [0, 0.05) is 6.54 Å². The first-order valence-electron chi connectivity index (χ1n) is 8.72. The van der Waals surface area contributed by atoms with E-state index in [1.807, 2.05) is 12.1 Å². The number of benzene rings is 1. The van der Waals surface area contributed by atoms with Gasteiger partial charge in [-0.25, -0.2) is 0 Å². The molecule has 1 aromatic carbocycles.